The third kappa shape index (κ3) is 3.40. The molecule has 5 nitrogen and oxygen atoms in total. The van der Waals surface area contributed by atoms with Crippen molar-refractivity contribution in [3.63, 3.8) is 0 Å². The molecule has 6 heteroatoms. The van der Waals surface area contributed by atoms with E-state index < -0.39 is 0 Å². The number of halogens is 1. The molecule has 1 aliphatic heterocycles. The van der Waals surface area contributed by atoms with Gasteiger partial charge in [-0.05, 0) is 35.9 Å². The highest BCUT2D eigenvalue weighted by Gasteiger charge is 2.31. The first-order valence-electron chi connectivity index (χ1n) is 10.0. The second kappa shape index (κ2) is 7.72. The smallest absolute Gasteiger partial charge is 0.204 e. The van der Waals surface area contributed by atoms with Crippen molar-refractivity contribution in [1.82, 2.24) is 25.5 Å². The maximum Gasteiger partial charge on any atom is 0.204 e. The summed E-state index contributed by atoms with van der Waals surface area (Å²) in [6.07, 6.45) is 2.04. The van der Waals surface area contributed by atoms with Crippen LogP contribution in [0.2, 0.25) is 0 Å². The minimum absolute atomic E-state index is 0.192. The SMILES string of the molecule is Fc1c([C@H]([C@@H]2CCCNC2)n2nnc(-c3ccccc3)n2)ccc2ccccc12. The molecule has 146 valence electrons. The lowest BCUT2D eigenvalue weighted by Crippen LogP contribution is -2.36. The van der Waals surface area contributed by atoms with Gasteiger partial charge in [-0.1, -0.05) is 66.7 Å². The van der Waals surface area contributed by atoms with Crippen molar-refractivity contribution in [2.24, 2.45) is 5.92 Å². The molecule has 1 aliphatic rings. The molecule has 3 aromatic carbocycles. The van der Waals surface area contributed by atoms with Crippen LogP contribution in [-0.4, -0.2) is 33.3 Å². The molecule has 0 amide bonds. The number of hydrogen-bond donors (Lipinski definition) is 1. The Kier molecular flexibility index (Phi) is 4.77. The largest absolute Gasteiger partial charge is 0.316 e. The van der Waals surface area contributed by atoms with Crippen LogP contribution in [0.5, 0.6) is 0 Å². The number of aromatic nitrogens is 4. The van der Waals surface area contributed by atoms with Crippen LogP contribution in [0.3, 0.4) is 0 Å². The van der Waals surface area contributed by atoms with Crippen LogP contribution in [-0.2, 0) is 0 Å². The normalized spacial score (nSPS) is 18.0. The molecule has 5 rings (SSSR count). The minimum Gasteiger partial charge on any atom is -0.316 e. The number of benzene rings is 3. The van der Waals surface area contributed by atoms with E-state index in [4.69, 9.17) is 0 Å². The van der Waals surface area contributed by atoms with E-state index in [1.54, 1.807) is 4.80 Å². The summed E-state index contributed by atoms with van der Waals surface area (Å²) >= 11 is 0. The summed E-state index contributed by atoms with van der Waals surface area (Å²) in [5, 5.41) is 18.2. The molecule has 1 N–H and O–H groups in total. The van der Waals surface area contributed by atoms with Gasteiger partial charge in [0.1, 0.15) is 11.9 Å². The molecule has 29 heavy (non-hydrogen) atoms. The molecule has 1 fully saturated rings. The summed E-state index contributed by atoms with van der Waals surface area (Å²) < 4.78 is 15.6. The molecule has 0 spiro atoms. The van der Waals surface area contributed by atoms with Gasteiger partial charge in [0.15, 0.2) is 0 Å². The predicted molar refractivity (Wildman–Crippen MR) is 111 cm³/mol. The Bertz CT molecular complexity index is 1120. The summed E-state index contributed by atoms with van der Waals surface area (Å²) in [6.45, 7) is 1.79. The zero-order valence-corrected chi connectivity index (χ0v) is 16.0. The fourth-order valence-electron chi connectivity index (χ4n) is 4.24. The summed E-state index contributed by atoms with van der Waals surface area (Å²) in [5.41, 5.74) is 1.52. The number of piperidine rings is 1. The van der Waals surface area contributed by atoms with E-state index in [2.05, 4.69) is 20.7 Å². The van der Waals surface area contributed by atoms with Crippen molar-refractivity contribution >= 4 is 10.8 Å². The molecule has 0 radical (unpaired) electrons. The highest BCUT2D eigenvalue weighted by atomic mass is 19.1. The van der Waals surface area contributed by atoms with E-state index in [9.17, 15) is 0 Å². The second-order valence-electron chi connectivity index (χ2n) is 7.54. The minimum atomic E-state index is -0.308. The topological polar surface area (TPSA) is 55.6 Å². The fourth-order valence-corrected chi connectivity index (χ4v) is 4.24. The molecular weight excluding hydrogens is 365 g/mol. The van der Waals surface area contributed by atoms with Crippen molar-refractivity contribution in [3.8, 4) is 11.4 Å². The lowest BCUT2D eigenvalue weighted by atomic mass is 9.86. The standard InChI is InChI=1S/C23H22FN5/c24-21-19-11-5-4-7-16(19)12-13-20(21)22(18-10-6-14-25-15-18)29-27-23(26-28-29)17-8-2-1-3-9-17/h1-5,7-9,11-13,18,22,25H,6,10,14-15H2/t18-,22+/m1/s1. The van der Waals surface area contributed by atoms with Crippen LogP contribution in [0.4, 0.5) is 4.39 Å². The van der Waals surface area contributed by atoms with Crippen molar-refractivity contribution in [2.75, 3.05) is 13.1 Å². The number of rotatable bonds is 4. The second-order valence-corrected chi connectivity index (χ2v) is 7.54. The van der Waals surface area contributed by atoms with Crippen LogP contribution in [0.1, 0.15) is 24.4 Å². The van der Waals surface area contributed by atoms with Gasteiger partial charge in [0.05, 0.1) is 0 Å². The maximum absolute atomic E-state index is 15.6. The first-order chi connectivity index (χ1) is 14.3. The summed E-state index contributed by atoms with van der Waals surface area (Å²) in [7, 11) is 0. The van der Waals surface area contributed by atoms with E-state index >= 15 is 4.39 Å². The van der Waals surface area contributed by atoms with Gasteiger partial charge in [-0.3, -0.25) is 0 Å². The van der Waals surface area contributed by atoms with Crippen LogP contribution >= 0.6 is 0 Å². The average molecular weight is 387 g/mol. The zero-order chi connectivity index (χ0) is 19.6. The molecule has 0 bridgehead atoms. The highest BCUT2D eigenvalue weighted by Crippen LogP contribution is 2.34. The van der Waals surface area contributed by atoms with E-state index in [1.807, 2.05) is 66.7 Å². The van der Waals surface area contributed by atoms with E-state index in [-0.39, 0.29) is 17.8 Å². The van der Waals surface area contributed by atoms with Crippen molar-refractivity contribution in [2.45, 2.75) is 18.9 Å². The van der Waals surface area contributed by atoms with Gasteiger partial charge in [0.2, 0.25) is 5.82 Å². The third-order valence-electron chi connectivity index (χ3n) is 5.70. The Morgan fingerprint density at radius 2 is 1.83 bits per heavy atom. The molecule has 0 unspecified atom stereocenters. The van der Waals surface area contributed by atoms with Crippen LogP contribution in [0, 0.1) is 11.7 Å². The molecule has 4 aromatic rings. The lowest BCUT2D eigenvalue weighted by Gasteiger charge is -2.30. The zero-order valence-electron chi connectivity index (χ0n) is 16.0. The monoisotopic (exact) mass is 387 g/mol. The first-order valence-corrected chi connectivity index (χ1v) is 10.0. The van der Waals surface area contributed by atoms with E-state index in [0.29, 0.717) is 16.8 Å². The van der Waals surface area contributed by atoms with Crippen LogP contribution in [0.15, 0.2) is 66.7 Å². The Morgan fingerprint density at radius 1 is 1.00 bits per heavy atom. The number of nitrogens with zero attached hydrogens (tertiary/aromatic N) is 4. The van der Waals surface area contributed by atoms with Gasteiger partial charge >= 0.3 is 0 Å². The van der Waals surface area contributed by atoms with Gasteiger partial charge in [-0.2, -0.15) is 4.80 Å². The predicted octanol–water partition coefficient (Wildman–Crippen LogP) is 4.22. The molecule has 0 aliphatic carbocycles. The molecule has 1 saturated heterocycles. The molecule has 2 heterocycles. The highest BCUT2D eigenvalue weighted by molar-refractivity contribution is 5.83. The van der Waals surface area contributed by atoms with Crippen LogP contribution < -0.4 is 5.32 Å². The molecule has 2 atom stereocenters. The fraction of sp³-hybridized carbons (Fsp3) is 0.261. The van der Waals surface area contributed by atoms with E-state index in [0.717, 1.165) is 36.9 Å². The Hall–Kier alpha value is -3.12. The summed E-state index contributed by atoms with van der Waals surface area (Å²) in [5.74, 6) is 0.551. The average Bonchev–Trinajstić information content (AvgIpc) is 3.27. The number of hydrogen-bond acceptors (Lipinski definition) is 4. The van der Waals surface area contributed by atoms with Gasteiger partial charge in [-0.25, -0.2) is 4.39 Å². The Balaban J connectivity index is 1.61. The molecule has 0 saturated carbocycles. The third-order valence-corrected chi connectivity index (χ3v) is 5.70. The summed E-state index contributed by atoms with van der Waals surface area (Å²) in [4.78, 5) is 1.60. The first kappa shape index (κ1) is 17.9. The quantitative estimate of drug-likeness (QED) is 0.570. The van der Waals surface area contributed by atoms with Crippen molar-refractivity contribution in [1.29, 1.82) is 0 Å². The van der Waals surface area contributed by atoms with Crippen LogP contribution in [0.25, 0.3) is 22.2 Å². The molecular formula is C23H22FN5. The maximum atomic E-state index is 15.6. The Labute approximate surface area is 168 Å². The lowest BCUT2D eigenvalue weighted by molar-refractivity contribution is 0.257. The van der Waals surface area contributed by atoms with Gasteiger partial charge in [0, 0.05) is 23.1 Å². The number of fused-ring (bicyclic) bond motifs is 1. The van der Waals surface area contributed by atoms with Gasteiger partial charge in [-0.15, -0.1) is 10.2 Å². The summed E-state index contributed by atoms with van der Waals surface area (Å²) in [6, 6.07) is 20.9. The van der Waals surface area contributed by atoms with Crippen molar-refractivity contribution < 1.29 is 4.39 Å². The molecule has 1 aromatic heterocycles. The van der Waals surface area contributed by atoms with E-state index in [1.165, 1.54) is 0 Å². The van der Waals surface area contributed by atoms with Gasteiger partial charge < -0.3 is 5.32 Å². The van der Waals surface area contributed by atoms with Gasteiger partial charge in [0.25, 0.3) is 0 Å². The van der Waals surface area contributed by atoms with Crippen molar-refractivity contribution in [3.05, 3.63) is 78.1 Å². The number of nitrogens with one attached hydrogen (secondary N) is 1. The number of tetrazole rings is 1. The Morgan fingerprint density at radius 3 is 2.66 bits per heavy atom.